The third kappa shape index (κ3) is 3.15. The first-order valence-corrected chi connectivity index (χ1v) is 7.63. The molecule has 0 N–H and O–H groups in total. The lowest BCUT2D eigenvalue weighted by Crippen LogP contribution is -2.41. The van der Waals surface area contributed by atoms with Crippen molar-refractivity contribution in [2.45, 2.75) is 45.7 Å². The van der Waals surface area contributed by atoms with Crippen LogP contribution in [0.2, 0.25) is 0 Å². The highest BCUT2D eigenvalue weighted by molar-refractivity contribution is 5.76. The lowest BCUT2D eigenvalue weighted by Gasteiger charge is -2.33. The molecule has 118 valence electrons. The molecule has 22 heavy (non-hydrogen) atoms. The molecule has 1 aliphatic rings. The third-order valence-corrected chi connectivity index (χ3v) is 4.02. The molecule has 1 atom stereocenters. The van der Waals surface area contributed by atoms with Crippen LogP contribution < -0.4 is 0 Å². The number of piperidine rings is 1. The number of hydrogen-bond acceptors (Lipinski definition) is 5. The van der Waals surface area contributed by atoms with E-state index >= 15 is 0 Å². The topological polar surface area (TPSA) is 81.7 Å². The second kappa shape index (κ2) is 6.25. The number of rotatable bonds is 4. The van der Waals surface area contributed by atoms with Crippen LogP contribution in [-0.4, -0.2) is 53.4 Å². The number of likely N-dealkylation sites (tertiary alicyclic amines) is 1. The van der Waals surface area contributed by atoms with E-state index < -0.39 is 0 Å². The minimum atomic E-state index is 0.162. The molecule has 2 aromatic heterocycles. The van der Waals surface area contributed by atoms with Gasteiger partial charge in [0.1, 0.15) is 24.3 Å². The molecule has 2 aromatic rings. The number of carbonyl (C=O) groups is 1. The Morgan fingerprint density at radius 1 is 1.41 bits per heavy atom. The summed E-state index contributed by atoms with van der Waals surface area (Å²) < 4.78 is 3.65. The van der Waals surface area contributed by atoms with Crippen LogP contribution in [0.5, 0.6) is 0 Å². The summed E-state index contributed by atoms with van der Waals surface area (Å²) in [6.07, 6.45) is 5.60. The molecule has 1 fully saturated rings. The van der Waals surface area contributed by atoms with Crippen molar-refractivity contribution in [1.29, 1.82) is 0 Å². The summed E-state index contributed by atoms with van der Waals surface area (Å²) in [6, 6.07) is 0.227. The number of amides is 1. The van der Waals surface area contributed by atoms with Crippen molar-refractivity contribution in [2.75, 3.05) is 13.1 Å². The van der Waals surface area contributed by atoms with Gasteiger partial charge < -0.3 is 4.90 Å². The smallest absolute Gasteiger partial charge is 0.224 e. The monoisotopic (exact) mass is 303 g/mol. The summed E-state index contributed by atoms with van der Waals surface area (Å²) in [7, 11) is 0. The fraction of sp³-hybridized carbons (Fsp3) is 0.643. The Balaban J connectivity index is 1.60. The first-order chi connectivity index (χ1) is 10.6. The lowest BCUT2D eigenvalue weighted by atomic mass is 10.1. The Hall–Kier alpha value is -2.25. The Kier molecular flexibility index (Phi) is 4.17. The lowest BCUT2D eigenvalue weighted by molar-refractivity contribution is -0.133. The van der Waals surface area contributed by atoms with Crippen molar-refractivity contribution in [3.63, 3.8) is 0 Å². The first kappa shape index (κ1) is 14.7. The molecule has 8 nitrogen and oxygen atoms in total. The van der Waals surface area contributed by atoms with Gasteiger partial charge in [-0.25, -0.2) is 14.6 Å². The molecule has 1 saturated heterocycles. The van der Waals surface area contributed by atoms with E-state index in [0.29, 0.717) is 19.5 Å². The zero-order valence-electron chi connectivity index (χ0n) is 13.0. The predicted molar refractivity (Wildman–Crippen MR) is 79.0 cm³/mol. The normalized spacial score (nSPS) is 18.6. The van der Waals surface area contributed by atoms with Crippen LogP contribution in [0.1, 0.15) is 37.0 Å². The van der Waals surface area contributed by atoms with Gasteiger partial charge in [-0.15, -0.1) is 0 Å². The molecule has 0 radical (unpaired) electrons. The molecular formula is C14H21N7O. The van der Waals surface area contributed by atoms with Crippen molar-refractivity contribution in [3.05, 3.63) is 24.3 Å². The fourth-order valence-corrected chi connectivity index (χ4v) is 2.98. The number of carbonyl (C=O) groups excluding carboxylic acids is 1. The zero-order valence-corrected chi connectivity index (χ0v) is 13.0. The molecule has 1 aliphatic heterocycles. The van der Waals surface area contributed by atoms with Crippen molar-refractivity contribution in [2.24, 2.45) is 0 Å². The van der Waals surface area contributed by atoms with Crippen LogP contribution in [0.4, 0.5) is 0 Å². The maximum absolute atomic E-state index is 12.4. The van der Waals surface area contributed by atoms with Crippen LogP contribution in [0, 0.1) is 13.8 Å². The third-order valence-electron chi connectivity index (χ3n) is 4.02. The highest BCUT2D eigenvalue weighted by Crippen LogP contribution is 2.22. The predicted octanol–water partition coefficient (Wildman–Crippen LogP) is 0.740. The Labute approximate surface area is 129 Å². The maximum Gasteiger partial charge on any atom is 0.224 e. The van der Waals surface area contributed by atoms with Crippen LogP contribution >= 0.6 is 0 Å². The van der Waals surface area contributed by atoms with E-state index in [9.17, 15) is 4.79 Å². The van der Waals surface area contributed by atoms with Gasteiger partial charge in [-0.2, -0.15) is 10.2 Å². The summed E-state index contributed by atoms with van der Waals surface area (Å²) in [5, 5.41) is 8.48. The van der Waals surface area contributed by atoms with Crippen LogP contribution in [0.3, 0.4) is 0 Å². The Morgan fingerprint density at radius 2 is 2.27 bits per heavy atom. The van der Waals surface area contributed by atoms with Gasteiger partial charge in [-0.3, -0.25) is 9.48 Å². The van der Waals surface area contributed by atoms with Crippen molar-refractivity contribution in [3.8, 4) is 0 Å². The molecule has 0 aromatic carbocycles. The van der Waals surface area contributed by atoms with E-state index in [4.69, 9.17) is 0 Å². The number of nitrogens with zero attached hydrogens (tertiary/aromatic N) is 7. The second-order valence-corrected chi connectivity index (χ2v) is 5.70. The standard InChI is InChI=1S/C14H21N7O/c1-11-17-12(2)21(18-11)13-4-3-6-19(8-13)14(22)5-7-20-10-15-9-16-20/h9-10,13H,3-8H2,1-2H3/t13-/m1/s1. The average molecular weight is 303 g/mol. The molecule has 0 bridgehead atoms. The summed E-state index contributed by atoms with van der Waals surface area (Å²) >= 11 is 0. The largest absolute Gasteiger partial charge is 0.340 e. The van der Waals surface area contributed by atoms with Gasteiger partial charge in [0.15, 0.2) is 0 Å². The Morgan fingerprint density at radius 3 is 2.95 bits per heavy atom. The number of hydrogen-bond donors (Lipinski definition) is 0. The second-order valence-electron chi connectivity index (χ2n) is 5.70. The molecule has 3 heterocycles. The summed E-state index contributed by atoms with van der Waals surface area (Å²) in [4.78, 5) is 22.6. The molecule has 3 rings (SSSR count). The zero-order chi connectivity index (χ0) is 15.5. The molecule has 0 aliphatic carbocycles. The number of aromatic nitrogens is 6. The minimum absolute atomic E-state index is 0.162. The van der Waals surface area contributed by atoms with Gasteiger partial charge >= 0.3 is 0 Å². The highest BCUT2D eigenvalue weighted by Gasteiger charge is 2.26. The summed E-state index contributed by atoms with van der Waals surface area (Å²) in [6.45, 7) is 5.96. The molecule has 8 heteroatoms. The average Bonchev–Trinajstić information content (AvgIpc) is 3.14. The number of aryl methyl sites for hydroxylation is 3. The Bertz CT molecular complexity index is 634. The van der Waals surface area contributed by atoms with E-state index in [-0.39, 0.29) is 11.9 Å². The van der Waals surface area contributed by atoms with Gasteiger partial charge in [-0.05, 0) is 26.7 Å². The molecule has 0 unspecified atom stereocenters. The van der Waals surface area contributed by atoms with E-state index in [2.05, 4.69) is 20.2 Å². The molecular weight excluding hydrogens is 282 g/mol. The van der Waals surface area contributed by atoms with Crippen LogP contribution in [-0.2, 0) is 11.3 Å². The minimum Gasteiger partial charge on any atom is -0.340 e. The van der Waals surface area contributed by atoms with E-state index in [1.54, 1.807) is 11.0 Å². The molecule has 0 spiro atoms. The van der Waals surface area contributed by atoms with Crippen molar-refractivity contribution >= 4 is 5.91 Å². The molecule has 0 saturated carbocycles. The van der Waals surface area contributed by atoms with Gasteiger partial charge in [0.05, 0.1) is 12.6 Å². The van der Waals surface area contributed by atoms with Crippen molar-refractivity contribution < 1.29 is 4.79 Å². The van der Waals surface area contributed by atoms with Crippen LogP contribution in [0.25, 0.3) is 0 Å². The SMILES string of the molecule is Cc1nc(C)n([C@@H]2CCCN(C(=O)CCn3cncn3)C2)n1. The van der Waals surface area contributed by atoms with Crippen LogP contribution in [0.15, 0.2) is 12.7 Å². The maximum atomic E-state index is 12.4. The van der Waals surface area contributed by atoms with Gasteiger partial charge in [0, 0.05) is 19.5 Å². The van der Waals surface area contributed by atoms with E-state index in [0.717, 1.165) is 31.0 Å². The quantitative estimate of drug-likeness (QED) is 0.832. The summed E-state index contributed by atoms with van der Waals surface area (Å²) in [5.41, 5.74) is 0. The van der Waals surface area contributed by atoms with Gasteiger partial charge in [0.2, 0.25) is 5.91 Å². The summed E-state index contributed by atoms with van der Waals surface area (Å²) in [5.74, 6) is 1.86. The first-order valence-electron chi connectivity index (χ1n) is 7.63. The van der Waals surface area contributed by atoms with Crippen molar-refractivity contribution in [1.82, 2.24) is 34.4 Å². The van der Waals surface area contributed by atoms with Gasteiger partial charge in [0.25, 0.3) is 0 Å². The van der Waals surface area contributed by atoms with E-state index in [1.165, 1.54) is 6.33 Å². The molecule has 1 amide bonds. The fourth-order valence-electron chi connectivity index (χ4n) is 2.98. The van der Waals surface area contributed by atoms with Gasteiger partial charge in [-0.1, -0.05) is 0 Å². The van der Waals surface area contributed by atoms with E-state index in [1.807, 2.05) is 23.4 Å². The highest BCUT2D eigenvalue weighted by atomic mass is 16.2.